The van der Waals surface area contributed by atoms with Crippen molar-refractivity contribution in [2.45, 2.75) is 0 Å². The molecule has 0 fully saturated rings. The van der Waals surface area contributed by atoms with Gasteiger partial charge in [-0.15, -0.1) is 0 Å². The summed E-state index contributed by atoms with van der Waals surface area (Å²) in [6.45, 7) is 3.21. The van der Waals surface area contributed by atoms with Gasteiger partial charge in [-0.25, -0.2) is 4.79 Å². The summed E-state index contributed by atoms with van der Waals surface area (Å²) < 4.78 is 4.69. The molecule has 0 heterocycles. The molecule has 0 bridgehead atoms. The number of hydrogen-bond acceptors (Lipinski definition) is 5. The van der Waals surface area contributed by atoms with Crippen LogP contribution in [0.1, 0.15) is 20.7 Å². The summed E-state index contributed by atoms with van der Waals surface area (Å²) in [5.74, 6) is -0.994. The predicted molar refractivity (Wildman–Crippen MR) is 63.8 cm³/mol. The number of ether oxygens (including phenoxy) is 1. The summed E-state index contributed by atoms with van der Waals surface area (Å²) in [4.78, 5) is 32.8. The Hall–Kier alpha value is -2.21. The number of hydrogen-bond donors (Lipinski definition) is 0. The monoisotopic (exact) mass is 269 g/mol. The summed E-state index contributed by atoms with van der Waals surface area (Å²) in [5, 5.41) is 9.83. The Labute approximate surface area is 107 Å². The van der Waals surface area contributed by atoms with E-state index < -0.39 is 27.4 Å². The number of rotatable bonds is 5. The first kappa shape index (κ1) is 13.9. The van der Waals surface area contributed by atoms with Gasteiger partial charge in [0.2, 0.25) is 0 Å². The highest BCUT2D eigenvalue weighted by Crippen LogP contribution is 2.24. The molecule has 0 radical (unpaired) electrons. The number of benzene rings is 1. The molecule has 0 amide bonds. The second-order valence-corrected chi connectivity index (χ2v) is 3.46. The average Bonchev–Trinajstić information content (AvgIpc) is 2.34. The minimum Gasteiger partial charge on any atom is -0.458 e. The number of nitro benzene ring substituents is 1. The van der Waals surface area contributed by atoms with Gasteiger partial charge in [0.15, 0.2) is 0 Å². The number of carbonyl (C=O) groups excluding carboxylic acids is 2. The lowest BCUT2D eigenvalue weighted by atomic mass is 10.1. The van der Waals surface area contributed by atoms with Gasteiger partial charge in [0.1, 0.15) is 12.2 Å². The SMILES string of the molecule is C=CCOC(=O)c1c(C(=O)Cl)cccc1[N+](=O)[O-]. The molecule has 1 aromatic rings. The third-order valence-electron chi connectivity index (χ3n) is 1.99. The van der Waals surface area contributed by atoms with Crippen LogP contribution in [-0.4, -0.2) is 22.7 Å². The maximum Gasteiger partial charge on any atom is 0.346 e. The molecule has 1 aromatic carbocycles. The first-order valence-corrected chi connectivity index (χ1v) is 5.12. The fraction of sp³-hybridized carbons (Fsp3) is 0.0909. The summed E-state index contributed by atoms with van der Waals surface area (Å²) in [5.41, 5.74) is -1.25. The zero-order valence-electron chi connectivity index (χ0n) is 9.09. The van der Waals surface area contributed by atoms with Crippen LogP contribution in [0.2, 0.25) is 0 Å². The van der Waals surface area contributed by atoms with Gasteiger partial charge in [-0.05, 0) is 17.7 Å². The van der Waals surface area contributed by atoms with E-state index in [0.29, 0.717) is 0 Å². The lowest BCUT2D eigenvalue weighted by Crippen LogP contribution is -2.12. The predicted octanol–water partition coefficient (Wildman–Crippen LogP) is 2.32. The fourth-order valence-electron chi connectivity index (χ4n) is 1.28. The molecular weight excluding hydrogens is 262 g/mol. The maximum atomic E-state index is 11.7. The van der Waals surface area contributed by atoms with E-state index in [1.165, 1.54) is 18.2 Å². The molecule has 0 saturated heterocycles. The Morgan fingerprint density at radius 3 is 2.67 bits per heavy atom. The van der Waals surface area contributed by atoms with Gasteiger partial charge in [0.05, 0.1) is 10.5 Å². The van der Waals surface area contributed by atoms with E-state index in [1.54, 1.807) is 0 Å². The van der Waals surface area contributed by atoms with Gasteiger partial charge in [0, 0.05) is 6.07 Å². The van der Waals surface area contributed by atoms with Crippen LogP contribution in [0.5, 0.6) is 0 Å². The van der Waals surface area contributed by atoms with Crippen LogP contribution in [0.15, 0.2) is 30.9 Å². The normalized spacial score (nSPS) is 9.61. The van der Waals surface area contributed by atoms with Gasteiger partial charge in [-0.2, -0.15) is 0 Å². The van der Waals surface area contributed by atoms with Crippen molar-refractivity contribution in [2.24, 2.45) is 0 Å². The van der Waals surface area contributed by atoms with Crippen molar-refractivity contribution in [3.63, 3.8) is 0 Å². The van der Waals surface area contributed by atoms with Crippen molar-refractivity contribution in [3.8, 4) is 0 Å². The molecule has 0 spiro atoms. The Bertz CT molecular complexity index is 494. The van der Waals surface area contributed by atoms with Crippen LogP contribution in [0.4, 0.5) is 5.69 Å². The molecule has 6 nitrogen and oxygen atoms in total. The van der Waals surface area contributed by atoms with Gasteiger partial charge in [0.25, 0.3) is 10.9 Å². The zero-order chi connectivity index (χ0) is 13.7. The molecule has 0 aliphatic carbocycles. The minimum atomic E-state index is -0.994. The van der Waals surface area contributed by atoms with Crippen molar-refractivity contribution >= 4 is 28.5 Å². The van der Waals surface area contributed by atoms with E-state index in [1.807, 2.05) is 0 Å². The highest BCUT2D eigenvalue weighted by atomic mass is 35.5. The maximum absolute atomic E-state index is 11.7. The largest absolute Gasteiger partial charge is 0.458 e. The van der Waals surface area contributed by atoms with E-state index in [4.69, 9.17) is 11.6 Å². The van der Waals surface area contributed by atoms with Crippen molar-refractivity contribution in [3.05, 3.63) is 52.1 Å². The molecule has 0 saturated carbocycles. The Balaban J connectivity index is 3.35. The first-order valence-electron chi connectivity index (χ1n) is 4.74. The van der Waals surface area contributed by atoms with Crippen molar-refractivity contribution in [1.29, 1.82) is 0 Å². The van der Waals surface area contributed by atoms with Crippen LogP contribution < -0.4 is 0 Å². The first-order chi connectivity index (χ1) is 8.49. The van der Waals surface area contributed by atoms with E-state index in [2.05, 4.69) is 11.3 Å². The van der Waals surface area contributed by atoms with Crippen LogP contribution in [0.25, 0.3) is 0 Å². The molecule has 0 N–H and O–H groups in total. The van der Waals surface area contributed by atoms with Crippen LogP contribution in [0.3, 0.4) is 0 Å². The summed E-state index contributed by atoms with van der Waals surface area (Å²) in [7, 11) is 0. The van der Waals surface area contributed by atoms with Crippen molar-refractivity contribution in [2.75, 3.05) is 6.61 Å². The Morgan fingerprint density at radius 2 is 2.17 bits per heavy atom. The van der Waals surface area contributed by atoms with Crippen molar-refractivity contribution < 1.29 is 19.2 Å². The summed E-state index contributed by atoms with van der Waals surface area (Å²) in [6, 6.07) is 3.57. The second kappa shape index (κ2) is 5.92. The Kier molecular flexibility index (Phi) is 4.56. The fourth-order valence-corrected chi connectivity index (χ4v) is 1.43. The van der Waals surface area contributed by atoms with Crippen molar-refractivity contribution in [1.82, 2.24) is 0 Å². The lowest BCUT2D eigenvalue weighted by molar-refractivity contribution is -0.385. The zero-order valence-corrected chi connectivity index (χ0v) is 9.85. The molecular formula is C11H8ClNO5. The number of carbonyl (C=O) groups is 2. The molecule has 18 heavy (non-hydrogen) atoms. The highest BCUT2D eigenvalue weighted by Gasteiger charge is 2.27. The molecule has 0 aliphatic heterocycles. The molecule has 0 aromatic heterocycles. The number of esters is 1. The standard InChI is InChI=1S/C11H8ClNO5/c1-2-6-18-11(15)9-7(10(12)14)4-3-5-8(9)13(16)17/h2-5H,1,6H2. The number of halogens is 1. The number of nitrogens with zero attached hydrogens (tertiary/aromatic N) is 1. The van der Waals surface area contributed by atoms with E-state index in [9.17, 15) is 19.7 Å². The molecule has 7 heteroatoms. The molecule has 0 atom stereocenters. The smallest absolute Gasteiger partial charge is 0.346 e. The van der Waals surface area contributed by atoms with E-state index in [-0.39, 0.29) is 12.2 Å². The topological polar surface area (TPSA) is 86.5 Å². The van der Waals surface area contributed by atoms with Gasteiger partial charge in [-0.3, -0.25) is 14.9 Å². The van der Waals surface area contributed by atoms with Crippen LogP contribution in [-0.2, 0) is 4.74 Å². The molecule has 1 rings (SSSR count). The average molecular weight is 270 g/mol. The minimum absolute atomic E-state index is 0.124. The third-order valence-corrected chi connectivity index (χ3v) is 2.19. The molecule has 94 valence electrons. The van der Waals surface area contributed by atoms with Crippen LogP contribution in [0, 0.1) is 10.1 Å². The van der Waals surface area contributed by atoms with Gasteiger partial charge in [-0.1, -0.05) is 18.7 Å². The van der Waals surface area contributed by atoms with Gasteiger partial charge < -0.3 is 4.74 Å². The van der Waals surface area contributed by atoms with E-state index in [0.717, 1.165) is 6.07 Å². The highest BCUT2D eigenvalue weighted by molar-refractivity contribution is 6.68. The molecule has 0 aliphatic rings. The van der Waals surface area contributed by atoms with Gasteiger partial charge >= 0.3 is 5.97 Å². The molecule has 0 unspecified atom stereocenters. The third kappa shape index (κ3) is 2.92. The van der Waals surface area contributed by atoms with E-state index >= 15 is 0 Å². The second-order valence-electron chi connectivity index (χ2n) is 3.12. The summed E-state index contributed by atoms with van der Waals surface area (Å²) >= 11 is 5.27. The lowest BCUT2D eigenvalue weighted by Gasteiger charge is -2.06. The Morgan fingerprint density at radius 1 is 1.50 bits per heavy atom. The quantitative estimate of drug-likeness (QED) is 0.269. The summed E-state index contributed by atoms with van der Waals surface area (Å²) in [6.07, 6.45) is 1.30. The van der Waals surface area contributed by atoms with Crippen LogP contribution >= 0.6 is 11.6 Å². The number of nitro groups is 1.